The molecule has 1 aromatic rings. The van der Waals surface area contributed by atoms with Crippen LogP contribution in [-0.4, -0.2) is 40.9 Å². The van der Waals surface area contributed by atoms with Gasteiger partial charge in [-0.2, -0.15) is 0 Å². The Morgan fingerprint density at radius 2 is 2.11 bits per heavy atom. The van der Waals surface area contributed by atoms with E-state index in [9.17, 15) is 5.11 Å². The normalized spacial score (nSPS) is 11.7. The molecule has 1 aromatic heterocycles. The zero-order chi connectivity index (χ0) is 13.8. The smallest absolute Gasteiger partial charge is 0.158 e. The predicted molar refractivity (Wildman–Crippen MR) is 71.9 cm³/mol. The van der Waals surface area contributed by atoms with Crippen LogP contribution in [0, 0.1) is 0 Å². The van der Waals surface area contributed by atoms with Gasteiger partial charge in [0.25, 0.3) is 0 Å². The summed E-state index contributed by atoms with van der Waals surface area (Å²) in [5.74, 6) is 1.22. The maximum absolute atomic E-state index is 9.79. The first-order valence-corrected chi connectivity index (χ1v) is 6.24. The van der Waals surface area contributed by atoms with Crippen LogP contribution in [0.4, 0.5) is 5.82 Å². The number of ether oxygens (including phenoxy) is 1. The Morgan fingerprint density at radius 1 is 1.44 bits per heavy atom. The Bertz CT molecular complexity index is 393. The molecule has 1 heterocycles. The molecule has 0 aliphatic heterocycles. The average Bonchev–Trinajstić information content (AvgIpc) is 2.23. The summed E-state index contributed by atoms with van der Waals surface area (Å²) >= 11 is 5.95. The molecular formula is C12H20ClN3O2. The van der Waals surface area contributed by atoms with Crippen LogP contribution in [0.2, 0.25) is 5.15 Å². The van der Waals surface area contributed by atoms with Crippen molar-refractivity contribution < 1.29 is 9.84 Å². The lowest BCUT2D eigenvalue weighted by atomic mass is 10.1. The standard InChI is InChI=1S/C12H20ClN3O2/c1-5-18-7-10-14-9(13)6-11(15-10)16(4)8-12(2,3)17/h6,17H,5,7-8H2,1-4H3. The molecule has 0 amide bonds. The van der Waals surface area contributed by atoms with Crippen molar-refractivity contribution >= 4 is 17.4 Å². The van der Waals surface area contributed by atoms with Crippen LogP contribution in [0.15, 0.2) is 6.07 Å². The van der Waals surface area contributed by atoms with Crippen molar-refractivity contribution in [1.29, 1.82) is 0 Å². The van der Waals surface area contributed by atoms with Gasteiger partial charge in [0.1, 0.15) is 17.6 Å². The summed E-state index contributed by atoms with van der Waals surface area (Å²) in [6.07, 6.45) is 0. The molecule has 6 heteroatoms. The number of hydrogen-bond donors (Lipinski definition) is 1. The second-order valence-corrected chi connectivity index (χ2v) is 5.16. The van der Waals surface area contributed by atoms with Crippen molar-refractivity contribution in [2.45, 2.75) is 33.0 Å². The van der Waals surface area contributed by atoms with Crippen molar-refractivity contribution in [2.75, 3.05) is 25.1 Å². The van der Waals surface area contributed by atoms with Crippen LogP contribution in [0.5, 0.6) is 0 Å². The van der Waals surface area contributed by atoms with E-state index >= 15 is 0 Å². The van der Waals surface area contributed by atoms with Crippen molar-refractivity contribution in [1.82, 2.24) is 9.97 Å². The van der Waals surface area contributed by atoms with Gasteiger partial charge in [0.05, 0.1) is 5.60 Å². The van der Waals surface area contributed by atoms with Crippen LogP contribution >= 0.6 is 11.6 Å². The van der Waals surface area contributed by atoms with Gasteiger partial charge in [-0.1, -0.05) is 11.6 Å². The highest BCUT2D eigenvalue weighted by atomic mass is 35.5. The summed E-state index contributed by atoms with van der Waals surface area (Å²) in [7, 11) is 1.85. The van der Waals surface area contributed by atoms with Gasteiger partial charge in [-0.25, -0.2) is 9.97 Å². The summed E-state index contributed by atoms with van der Waals surface area (Å²) in [5, 5.41) is 10.2. The molecule has 0 fully saturated rings. The zero-order valence-corrected chi connectivity index (χ0v) is 12.0. The first-order valence-electron chi connectivity index (χ1n) is 5.86. The fourth-order valence-electron chi connectivity index (χ4n) is 1.57. The molecule has 102 valence electrons. The van der Waals surface area contributed by atoms with E-state index in [-0.39, 0.29) is 0 Å². The lowest BCUT2D eigenvalue weighted by Crippen LogP contribution is -2.36. The molecule has 0 unspecified atom stereocenters. The molecule has 0 aromatic carbocycles. The molecule has 1 rings (SSSR count). The summed E-state index contributed by atoms with van der Waals surface area (Å²) < 4.78 is 5.26. The summed E-state index contributed by atoms with van der Waals surface area (Å²) in [5.41, 5.74) is -0.799. The minimum atomic E-state index is -0.799. The largest absolute Gasteiger partial charge is 0.389 e. The minimum absolute atomic E-state index is 0.334. The third-order valence-corrected chi connectivity index (χ3v) is 2.37. The van der Waals surface area contributed by atoms with Crippen LogP contribution < -0.4 is 4.90 Å². The van der Waals surface area contributed by atoms with Crippen molar-refractivity contribution in [3.8, 4) is 0 Å². The van der Waals surface area contributed by atoms with Gasteiger partial charge >= 0.3 is 0 Å². The summed E-state index contributed by atoms with van der Waals surface area (Å²) in [6.45, 7) is 6.78. The van der Waals surface area contributed by atoms with Gasteiger partial charge in [0, 0.05) is 26.3 Å². The van der Waals surface area contributed by atoms with Crippen LogP contribution in [0.3, 0.4) is 0 Å². The van der Waals surface area contributed by atoms with Crippen molar-refractivity contribution in [3.63, 3.8) is 0 Å². The first-order chi connectivity index (χ1) is 8.31. The molecule has 0 aliphatic rings. The predicted octanol–water partition coefficient (Wildman–Crippen LogP) is 1.87. The maximum Gasteiger partial charge on any atom is 0.158 e. The fourth-order valence-corrected chi connectivity index (χ4v) is 1.76. The molecule has 0 atom stereocenters. The molecule has 5 nitrogen and oxygen atoms in total. The number of likely N-dealkylation sites (N-methyl/N-ethyl adjacent to an activating group) is 1. The van der Waals surface area contributed by atoms with E-state index in [0.717, 1.165) is 0 Å². The lowest BCUT2D eigenvalue weighted by Gasteiger charge is -2.26. The summed E-state index contributed by atoms with van der Waals surface area (Å²) in [6, 6.07) is 1.67. The Balaban J connectivity index is 2.84. The van der Waals surface area contributed by atoms with Gasteiger partial charge in [-0.15, -0.1) is 0 Å². The number of aromatic nitrogens is 2. The Kier molecular flexibility index (Phi) is 5.31. The molecular weight excluding hydrogens is 254 g/mol. The number of hydrogen-bond acceptors (Lipinski definition) is 5. The van der Waals surface area contributed by atoms with E-state index in [4.69, 9.17) is 16.3 Å². The number of halogens is 1. The minimum Gasteiger partial charge on any atom is -0.389 e. The van der Waals surface area contributed by atoms with E-state index in [2.05, 4.69) is 9.97 Å². The van der Waals surface area contributed by atoms with Gasteiger partial charge in [0.2, 0.25) is 0 Å². The lowest BCUT2D eigenvalue weighted by molar-refractivity contribution is 0.0884. The number of anilines is 1. The van der Waals surface area contributed by atoms with E-state index in [0.29, 0.717) is 36.6 Å². The third kappa shape index (κ3) is 5.16. The van der Waals surface area contributed by atoms with E-state index in [1.54, 1.807) is 19.9 Å². The highest BCUT2D eigenvalue weighted by Gasteiger charge is 2.17. The molecule has 0 aliphatic carbocycles. The molecule has 18 heavy (non-hydrogen) atoms. The average molecular weight is 274 g/mol. The van der Waals surface area contributed by atoms with Crippen molar-refractivity contribution in [3.05, 3.63) is 17.0 Å². The molecule has 0 saturated carbocycles. The van der Waals surface area contributed by atoms with Gasteiger partial charge < -0.3 is 14.7 Å². The number of nitrogens with zero attached hydrogens (tertiary/aromatic N) is 3. The van der Waals surface area contributed by atoms with Gasteiger partial charge in [0.15, 0.2) is 5.82 Å². The Morgan fingerprint density at radius 3 is 2.67 bits per heavy atom. The van der Waals surface area contributed by atoms with Crippen LogP contribution in [0.25, 0.3) is 0 Å². The van der Waals surface area contributed by atoms with E-state index < -0.39 is 5.60 Å². The Hall–Kier alpha value is -0.910. The van der Waals surface area contributed by atoms with Crippen LogP contribution in [0.1, 0.15) is 26.6 Å². The Labute approximate surface area is 113 Å². The SMILES string of the molecule is CCOCc1nc(Cl)cc(N(C)CC(C)(C)O)n1. The molecule has 1 N–H and O–H groups in total. The van der Waals surface area contributed by atoms with Gasteiger partial charge in [-0.3, -0.25) is 0 Å². The van der Waals surface area contributed by atoms with E-state index in [1.165, 1.54) is 0 Å². The second kappa shape index (κ2) is 6.31. The third-order valence-electron chi connectivity index (χ3n) is 2.18. The maximum atomic E-state index is 9.79. The topological polar surface area (TPSA) is 58.5 Å². The summed E-state index contributed by atoms with van der Waals surface area (Å²) in [4.78, 5) is 10.3. The monoisotopic (exact) mass is 273 g/mol. The fraction of sp³-hybridized carbons (Fsp3) is 0.667. The number of rotatable bonds is 6. The van der Waals surface area contributed by atoms with Crippen molar-refractivity contribution in [2.24, 2.45) is 0 Å². The molecule has 0 bridgehead atoms. The molecule has 0 radical (unpaired) electrons. The quantitative estimate of drug-likeness (QED) is 0.802. The van der Waals surface area contributed by atoms with Gasteiger partial charge in [-0.05, 0) is 20.8 Å². The molecule has 0 saturated heterocycles. The first kappa shape index (κ1) is 15.1. The van der Waals surface area contributed by atoms with Crippen LogP contribution in [-0.2, 0) is 11.3 Å². The van der Waals surface area contributed by atoms with E-state index in [1.807, 2.05) is 18.9 Å². The zero-order valence-electron chi connectivity index (χ0n) is 11.3. The molecule has 0 spiro atoms. The number of aliphatic hydroxyl groups is 1. The second-order valence-electron chi connectivity index (χ2n) is 4.77. The highest BCUT2D eigenvalue weighted by molar-refractivity contribution is 6.29. The highest BCUT2D eigenvalue weighted by Crippen LogP contribution is 2.17.